The monoisotopic (exact) mass is 413 g/mol. The van der Waals surface area contributed by atoms with Crippen LogP contribution >= 0.6 is 11.6 Å². The van der Waals surface area contributed by atoms with Crippen LogP contribution in [0.15, 0.2) is 48.5 Å². The minimum absolute atomic E-state index is 0.293. The van der Waals surface area contributed by atoms with Crippen LogP contribution in [-0.2, 0) is 22.6 Å². The molecule has 1 aliphatic rings. The van der Waals surface area contributed by atoms with Gasteiger partial charge in [0.1, 0.15) is 0 Å². The smallest absolute Gasteiger partial charge is 0.309 e. The SMILES string of the molecule is O=C(NCCc1ccc(N2CCCCCC2)cc1)C(=O)NCc1ccc(Cl)cc1. The molecule has 3 rings (SSSR count). The van der Waals surface area contributed by atoms with E-state index in [1.165, 1.54) is 31.4 Å². The fraction of sp³-hybridized carbons (Fsp3) is 0.391. The summed E-state index contributed by atoms with van der Waals surface area (Å²) < 4.78 is 0. The zero-order chi connectivity index (χ0) is 20.5. The van der Waals surface area contributed by atoms with Crippen molar-refractivity contribution in [1.82, 2.24) is 10.6 Å². The van der Waals surface area contributed by atoms with E-state index in [2.05, 4.69) is 39.8 Å². The third-order valence-corrected chi connectivity index (χ3v) is 5.43. The zero-order valence-corrected chi connectivity index (χ0v) is 17.4. The van der Waals surface area contributed by atoms with Gasteiger partial charge >= 0.3 is 11.8 Å². The number of rotatable bonds is 6. The Hall–Kier alpha value is -2.53. The molecule has 154 valence electrons. The van der Waals surface area contributed by atoms with Gasteiger partial charge in [0, 0.05) is 36.9 Å². The van der Waals surface area contributed by atoms with Gasteiger partial charge < -0.3 is 15.5 Å². The Bertz CT molecular complexity index is 798. The Morgan fingerprint density at radius 2 is 1.38 bits per heavy atom. The highest BCUT2D eigenvalue weighted by atomic mass is 35.5. The summed E-state index contributed by atoms with van der Waals surface area (Å²) >= 11 is 5.83. The molecule has 2 amide bonds. The standard InChI is InChI=1S/C23H28ClN3O2/c24-20-9-5-19(6-10-20)17-26-23(29)22(28)25-14-13-18-7-11-21(12-8-18)27-15-3-1-2-4-16-27/h5-12H,1-4,13-17H2,(H,25,28)(H,26,29). The zero-order valence-electron chi connectivity index (χ0n) is 16.6. The molecule has 0 bridgehead atoms. The van der Waals surface area contributed by atoms with E-state index in [-0.39, 0.29) is 0 Å². The summed E-state index contributed by atoms with van der Waals surface area (Å²) in [7, 11) is 0. The number of hydrogen-bond donors (Lipinski definition) is 2. The van der Waals surface area contributed by atoms with Crippen molar-refractivity contribution < 1.29 is 9.59 Å². The lowest BCUT2D eigenvalue weighted by molar-refractivity contribution is -0.139. The average Bonchev–Trinajstić information content (AvgIpc) is 3.03. The molecule has 2 aromatic rings. The second-order valence-corrected chi connectivity index (χ2v) is 7.82. The fourth-order valence-electron chi connectivity index (χ4n) is 3.47. The molecule has 0 radical (unpaired) electrons. The van der Waals surface area contributed by atoms with Gasteiger partial charge in [0.25, 0.3) is 0 Å². The molecule has 0 unspecified atom stereocenters. The van der Waals surface area contributed by atoms with Crippen molar-refractivity contribution in [2.45, 2.75) is 38.6 Å². The molecule has 2 N–H and O–H groups in total. The Balaban J connectivity index is 1.38. The third-order valence-electron chi connectivity index (χ3n) is 5.18. The van der Waals surface area contributed by atoms with Crippen molar-refractivity contribution in [3.05, 3.63) is 64.7 Å². The van der Waals surface area contributed by atoms with Crippen molar-refractivity contribution in [1.29, 1.82) is 0 Å². The van der Waals surface area contributed by atoms with Crippen molar-refractivity contribution in [3.63, 3.8) is 0 Å². The van der Waals surface area contributed by atoms with Gasteiger partial charge in [0.15, 0.2) is 0 Å². The molecule has 0 saturated carbocycles. The van der Waals surface area contributed by atoms with Crippen LogP contribution in [0.2, 0.25) is 5.02 Å². The number of nitrogens with zero attached hydrogens (tertiary/aromatic N) is 1. The van der Waals surface area contributed by atoms with E-state index in [0.29, 0.717) is 24.5 Å². The number of anilines is 1. The van der Waals surface area contributed by atoms with Crippen LogP contribution in [0.1, 0.15) is 36.8 Å². The third kappa shape index (κ3) is 6.79. The van der Waals surface area contributed by atoms with Gasteiger partial charge in [-0.1, -0.05) is 48.7 Å². The summed E-state index contributed by atoms with van der Waals surface area (Å²) in [4.78, 5) is 26.3. The van der Waals surface area contributed by atoms with Crippen LogP contribution < -0.4 is 15.5 Å². The van der Waals surface area contributed by atoms with Gasteiger partial charge in [0.2, 0.25) is 0 Å². The van der Waals surface area contributed by atoms with Gasteiger partial charge in [-0.05, 0) is 54.7 Å². The Kier molecular flexibility index (Phi) is 7.94. The molecule has 2 aromatic carbocycles. The van der Waals surface area contributed by atoms with Crippen molar-refractivity contribution in [3.8, 4) is 0 Å². The number of amides is 2. The molecule has 0 aromatic heterocycles. The highest BCUT2D eigenvalue weighted by Gasteiger charge is 2.13. The number of halogens is 1. The largest absolute Gasteiger partial charge is 0.372 e. The van der Waals surface area contributed by atoms with Crippen LogP contribution in [0.4, 0.5) is 5.69 Å². The van der Waals surface area contributed by atoms with E-state index in [9.17, 15) is 9.59 Å². The molecule has 1 fully saturated rings. The van der Waals surface area contributed by atoms with Crippen molar-refractivity contribution in [2.24, 2.45) is 0 Å². The first-order valence-electron chi connectivity index (χ1n) is 10.3. The lowest BCUT2D eigenvalue weighted by Gasteiger charge is -2.22. The number of carbonyl (C=O) groups is 2. The fourth-order valence-corrected chi connectivity index (χ4v) is 3.59. The lowest BCUT2D eigenvalue weighted by atomic mass is 10.1. The van der Waals surface area contributed by atoms with Crippen LogP contribution in [0.5, 0.6) is 0 Å². The first kappa shape index (κ1) is 21.2. The predicted octanol–water partition coefficient (Wildman–Crippen LogP) is 3.70. The molecule has 29 heavy (non-hydrogen) atoms. The van der Waals surface area contributed by atoms with E-state index in [0.717, 1.165) is 24.2 Å². The van der Waals surface area contributed by atoms with Crippen LogP contribution in [-0.4, -0.2) is 31.4 Å². The quantitative estimate of drug-likeness (QED) is 0.710. The normalized spacial score (nSPS) is 14.2. The van der Waals surface area contributed by atoms with Gasteiger partial charge in [-0.25, -0.2) is 0 Å². The van der Waals surface area contributed by atoms with E-state index in [1.54, 1.807) is 12.1 Å². The summed E-state index contributed by atoms with van der Waals surface area (Å²) in [5, 5.41) is 5.93. The van der Waals surface area contributed by atoms with Gasteiger partial charge in [-0.3, -0.25) is 9.59 Å². The maximum absolute atomic E-state index is 12.0. The molecule has 0 atom stereocenters. The predicted molar refractivity (Wildman–Crippen MR) is 117 cm³/mol. The first-order chi connectivity index (χ1) is 14.1. The van der Waals surface area contributed by atoms with Crippen molar-refractivity contribution >= 4 is 29.1 Å². The molecule has 6 heteroatoms. The molecule has 1 saturated heterocycles. The highest BCUT2D eigenvalue weighted by Crippen LogP contribution is 2.20. The number of benzene rings is 2. The maximum Gasteiger partial charge on any atom is 0.309 e. The Morgan fingerprint density at radius 3 is 2.03 bits per heavy atom. The van der Waals surface area contributed by atoms with E-state index < -0.39 is 11.8 Å². The van der Waals surface area contributed by atoms with E-state index in [4.69, 9.17) is 11.6 Å². The number of nitrogens with one attached hydrogen (secondary N) is 2. The Labute approximate surface area is 177 Å². The second kappa shape index (κ2) is 10.9. The Morgan fingerprint density at radius 1 is 0.793 bits per heavy atom. The van der Waals surface area contributed by atoms with Crippen LogP contribution in [0.25, 0.3) is 0 Å². The molecule has 0 spiro atoms. The summed E-state index contributed by atoms with van der Waals surface area (Å²) in [5.41, 5.74) is 3.30. The number of carbonyl (C=O) groups excluding carboxylic acids is 2. The van der Waals surface area contributed by atoms with Gasteiger partial charge in [-0.2, -0.15) is 0 Å². The van der Waals surface area contributed by atoms with E-state index in [1.807, 2.05) is 12.1 Å². The summed E-state index contributed by atoms with van der Waals surface area (Å²) in [6.45, 7) is 2.97. The molecular weight excluding hydrogens is 386 g/mol. The second-order valence-electron chi connectivity index (χ2n) is 7.38. The van der Waals surface area contributed by atoms with Gasteiger partial charge in [0.05, 0.1) is 0 Å². The minimum atomic E-state index is -0.628. The summed E-state index contributed by atoms with van der Waals surface area (Å²) in [6, 6.07) is 15.6. The van der Waals surface area contributed by atoms with Crippen molar-refractivity contribution in [2.75, 3.05) is 24.5 Å². The van der Waals surface area contributed by atoms with Crippen LogP contribution in [0.3, 0.4) is 0 Å². The topological polar surface area (TPSA) is 61.4 Å². The summed E-state index contributed by atoms with van der Waals surface area (Å²) in [5.74, 6) is -1.24. The molecule has 0 aliphatic carbocycles. The molecule has 1 heterocycles. The highest BCUT2D eigenvalue weighted by molar-refractivity contribution is 6.35. The average molecular weight is 414 g/mol. The molecule has 5 nitrogen and oxygen atoms in total. The molecular formula is C23H28ClN3O2. The van der Waals surface area contributed by atoms with Crippen LogP contribution in [0, 0.1) is 0 Å². The number of hydrogen-bond acceptors (Lipinski definition) is 3. The molecule has 1 aliphatic heterocycles. The first-order valence-corrected chi connectivity index (χ1v) is 10.6. The van der Waals surface area contributed by atoms with Gasteiger partial charge in [-0.15, -0.1) is 0 Å². The van der Waals surface area contributed by atoms with E-state index >= 15 is 0 Å². The summed E-state index contributed by atoms with van der Waals surface area (Å²) in [6.07, 6.45) is 5.85. The minimum Gasteiger partial charge on any atom is -0.372 e. The maximum atomic E-state index is 12.0. The lowest BCUT2D eigenvalue weighted by Crippen LogP contribution is -2.40.